The highest BCUT2D eigenvalue weighted by molar-refractivity contribution is 7.18. The molecular formula is C32H31F3N8O3S. The highest BCUT2D eigenvalue weighted by Crippen LogP contribution is 2.44. The molecule has 0 amide bonds. The molecule has 47 heavy (non-hydrogen) atoms. The number of rotatable bonds is 9. The molecule has 0 spiro atoms. The van der Waals surface area contributed by atoms with Gasteiger partial charge in [0.1, 0.15) is 17.3 Å². The smallest absolute Gasteiger partial charge is 0.465 e. The lowest BCUT2D eigenvalue weighted by molar-refractivity contribution is -0.274. The summed E-state index contributed by atoms with van der Waals surface area (Å²) in [4.78, 5) is 25.9. The van der Waals surface area contributed by atoms with Gasteiger partial charge in [-0.3, -0.25) is 4.98 Å². The van der Waals surface area contributed by atoms with Gasteiger partial charge in [-0.2, -0.15) is 0 Å². The number of anilines is 3. The molecule has 11 nitrogen and oxygen atoms in total. The number of aromatic nitrogens is 5. The van der Waals surface area contributed by atoms with Crippen LogP contribution in [0.1, 0.15) is 36.2 Å². The van der Waals surface area contributed by atoms with E-state index in [-0.39, 0.29) is 11.8 Å². The molecule has 0 radical (unpaired) electrons. The molecule has 4 heterocycles. The summed E-state index contributed by atoms with van der Waals surface area (Å²) in [5.74, 6) is -0.0490. The molecule has 0 bridgehead atoms. The second-order valence-electron chi connectivity index (χ2n) is 11.3. The van der Waals surface area contributed by atoms with Gasteiger partial charge in [-0.25, -0.2) is 9.78 Å². The van der Waals surface area contributed by atoms with Gasteiger partial charge in [0.25, 0.3) is 0 Å². The molecular weight excluding hydrogens is 633 g/mol. The fraction of sp³-hybridized carbons (Fsp3) is 0.344. The van der Waals surface area contributed by atoms with Crippen LogP contribution in [-0.2, 0) is 4.74 Å². The van der Waals surface area contributed by atoms with Gasteiger partial charge in [0.05, 0.1) is 35.1 Å². The van der Waals surface area contributed by atoms with E-state index in [9.17, 15) is 18.0 Å². The number of hydrogen-bond acceptors (Lipinski definition) is 11. The lowest BCUT2D eigenvalue weighted by atomic mass is 10.2. The molecule has 3 aromatic heterocycles. The molecule has 7 rings (SSSR count). The Kier molecular flexibility index (Phi) is 8.18. The summed E-state index contributed by atoms with van der Waals surface area (Å²) in [5.41, 5.74) is 5.17. The van der Waals surface area contributed by atoms with Crippen LogP contribution in [0.2, 0.25) is 0 Å². The second kappa shape index (κ2) is 12.4. The van der Waals surface area contributed by atoms with Crippen molar-refractivity contribution in [2.24, 2.45) is 0 Å². The first-order valence-electron chi connectivity index (χ1n) is 15.2. The van der Waals surface area contributed by atoms with E-state index in [4.69, 9.17) is 9.72 Å². The van der Waals surface area contributed by atoms with Crippen molar-refractivity contribution in [1.29, 1.82) is 0 Å². The number of carbonyl (C=O) groups excluding carboxylic acids is 1. The Labute approximate surface area is 272 Å². The summed E-state index contributed by atoms with van der Waals surface area (Å²) in [6.07, 6.45) is -1.31. The van der Waals surface area contributed by atoms with Crippen LogP contribution in [0.15, 0.2) is 54.7 Å². The Hall–Kier alpha value is -4.76. The van der Waals surface area contributed by atoms with Crippen LogP contribution in [0.4, 0.5) is 29.7 Å². The molecule has 1 saturated heterocycles. The lowest BCUT2D eigenvalue weighted by Gasteiger charge is -2.36. The minimum Gasteiger partial charge on any atom is -0.465 e. The average molecular weight is 665 g/mol. The summed E-state index contributed by atoms with van der Waals surface area (Å²) >= 11 is 1.33. The lowest BCUT2D eigenvalue weighted by Crippen LogP contribution is -2.46. The largest absolute Gasteiger partial charge is 0.573 e. The van der Waals surface area contributed by atoms with Crippen molar-refractivity contribution >= 4 is 44.8 Å². The Morgan fingerprint density at radius 3 is 2.45 bits per heavy atom. The number of fused-ring (bicyclic) bond motifs is 1. The van der Waals surface area contributed by atoms with E-state index < -0.39 is 12.3 Å². The van der Waals surface area contributed by atoms with Gasteiger partial charge >= 0.3 is 12.3 Å². The number of nitrogens with zero attached hydrogens (tertiary/aromatic N) is 7. The second-order valence-corrected chi connectivity index (χ2v) is 12.3. The Bertz CT molecular complexity index is 1900. The maximum absolute atomic E-state index is 12.8. The predicted octanol–water partition coefficient (Wildman–Crippen LogP) is 6.52. The van der Waals surface area contributed by atoms with Crippen molar-refractivity contribution in [2.75, 3.05) is 50.1 Å². The number of ether oxygens (including phenoxy) is 2. The van der Waals surface area contributed by atoms with Crippen LogP contribution in [0.3, 0.4) is 0 Å². The van der Waals surface area contributed by atoms with Crippen molar-refractivity contribution in [3.8, 4) is 27.8 Å². The number of piperazine rings is 1. The molecule has 2 aromatic carbocycles. The van der Waals surface area contributed by atoms with Gasteiger partial charge in [0.2, 0.25) is 5.13 Å². The highest BCUT2D eigenvalue weighted by Gasteiger charge is 2.32. The maximum atomic E-state index is 12.8. The summed E-state index contributed by atoms with van der Waals surface area (Å²) in [7, 11) is 1.32. The van der Waals surface area contributed by atoms with Gasteiger partial charge in [0.15, 0.2) is 5.01 Å². The number of benzene rings is 2. The number of carbonyl (C=O) groups is 1. The first-order valence-corrected chi connectivity index (χ1v) is 16.1. The van der Waals surface area contributed by atoms with Crippen LogP contribution in [0.5, 0.6) is 5.75 Å². The van der Waals surface area contributed by atoms with Crippen LogP contribution >= 0.6 is 11.3 Å². The van der Waals surface area contributed by atoms with Gasteiger partial charge < -0.3 is 29.2 Å². The van der Waals surface area contributed by atoms with Gasteiger partial charge in [0, 0.05) is 44.0 Å². The molecule has 5 aromatic rings. The first-order chi connectivity index (χ1) is 22.7. The van der Waals surface area contributed by atoms with Crippen LogP contribution in [0.25, 0.3) is 33.1 Å². The molecule has 1 N–H and O–H groups in total. The number of esters is 1. The van der Waals surface area contributed by atoms with Crippen LogP contribution < -0.4 is 15.0 Å². The average Bonchev–Trinajstić information content (AvgIpc) is 3.69. The van der Waals surface area contributed by atoms with E-state index in [2.05, 4.69) is 52.6 Å². The fourth-order valence-electron chi connectivity index (χ4n) is 5.76. The third kappa shape index (κ3) is 6.58. The maximum Gasteiger partial charge on any atom is 0.573 e. The summed E-state index contributed by atoms with van der Waals surface area (Å²) in [6, 6.07) is 13.6. The Morgan fingerprint density at radius 2 is 1.81 bits per heavy atom. The number of hydrogen-bond donors (Lipinski definition) is 1. The molecule has 2 aliphatic rings. The van der Waals surface area contributed by atoms with Gasteiger partial charge in [-0.15, -0.1) is 23.4 Å². The quantitative estimate of drug-likeness (QED) is 0.175. The monoisotopic (exact) mass is 664 g/mol. The SMILES string of the molecule is CCN1CCN(c2cc3c(cc2Nc2nnc(-c4ccc(C(=O)OC)cn4)s2)nc(-c2ccc(OC(F)(F)F)cc2)n3C2CC2)CC1. The fourth-order valence-corrected chi connectivity index (χ4v) is 6.49. The minimum absolute atomic E-state index is 0.258. The van der Waals surface area contributed by atoms with Crippen molar-refractivity contribution in [3.05, 3.63) is 60.3 Å². The number of halogens is 3. The molecule has 0 atom stereocenters. The minimum atomic E-state index is -4.76. The van der Waals surface area contributed by atoms with E-state index in [1.807, 2.05) is 6.07 Å². The van der Waals surface area contributed by atoms with E-state index in [0.717, 1.165) is 68.0 Å². The third-order valence-corrected chi connectivity index (χ3v) is 9.16. The predicted molar refractivity (Wildman–Crippen MR) is 172 cm³/mol. The number of methoxy groups -OCH3 is 1. The van der Waals surface area contributed by atoms with E-state index in [1.165, 1.54) is 36.8 Å². The summed E-state index contributed by atoms with van der Waals surface area (Å²) < 4.78 is 49.4. The number of alkyl halides is 3. The zero-order valence-electron chi connectivity index (χ0n) is 25.6. The Morgan fingerprint density at radius 1 is 1.04 bits per heavy atom. The normalized spacial score (nSPS) is 15.6. The number of nitrogens with one attached hydrogen (secondary N) is 1. The van der Waals surface area contributed by atoms with Crippen molar-refractivity contribution in [3.63, 3.8) is 0 Å². The zero-order chi connectivity index (χ0) is 32.7. The molecule has 1 saturated carbocycles. The van der Waals surface area contributed by atoms with Crippen molar-refractivity contribution in [1.82, 2.24) is 29.6 Å². The van der Waals surface area contributed by atoms with Crippen LogP contribution in [-0.4, -0.2) is 81.8 Å². The van der Waals surface area contributed by atoms with Crippen LogP contribution in [0, 0.1) is 0 Å². The third-order valence-electron chi connectivity index (χ3n) is 8.30. The topological polar surface area (TPSA) is 111 Å². The van der Waals surface area contributed by atoms with Crippen molar-refractivity contribution in [2.45, 2.75) is 32.2 Å². The zero-order valence-corrected chi connectivity index (χ0v) is 26.4. The highest BCUT2D eigenvalue weighted by atomic mass is 32.1. The first kappa shape index (κ1) is 30.9. The number of likely N-dealkylation sites (N-methyl/N-ethyl adjacent to an activating group) is 1. The standard InChI is InChI=1S/C32H31F3N8O3S/c1-3-41-12-14-42(15-13-41)26-17-27-25(37-28(43(27)21-7-8-21)19-4-9-22(10-5-19)46-32(33,34)35)16-24(26)38-31-40-39-29(47-31)23-11-6-20(18-36-23)30(44)45-2/h4-6,9-11,16-18,21H,3,7-8,12-15H2,1-2H3,(H,38,40). The number of imidazole rings is 1. The van der Waals surface area contributed by atoms with Gasteiger partial charge in [-0.1, -0.05) is 18.3 Å². The molecule has 1 aliphatic heterocycles. The molecule has 244 valence electrons. The molecule has 0 unspecified atom stereocenters. The summed E-state index contributed by atoms with van der Waals surface area (Å²) in [6.45, 7) is 6.71. The number of pyridine rings is 1. The van der Waals surface area contributed by atoms with E-state index in [1.54, 1.807) is 24.3 Å². The van der Waals surface area contributed by atoms with Gasteiger partial charge in [-0.05, 0) is 67.9 Å². The molecule has 15 heteroatoms. The Balaban J connectivity index is 1.25. The molecule has 2 fully saturated rings. The van der Waals surface area contributed by atoms with Crippen molar-refractivity contribution < 1.29 is 27.4 Å². The van der Waals surface area contributed by atoms with E-state index >= 15 is 0 Å². The summed E-state index contributed by atoms with van der Waals surface area (Å²) in [5, 5.41) is 13.3. The van der Waals surface area contributed by atoms with E-state index in [0.29, 0.717) is 32.8 Å². The molecule has 1 aliphatic carbocycles.